The van der Waals surface area contributed by atoms with E-state index in [1.54, 1.807) is 0 Å². The maximum atomic E-state index is 4.39. The van der Waals surface area contributed by atoms with Gasteiger partial charge in [0.15, 0.2) is 0 Å². The minimum absolute atomic E-state index is 0.934. The largest absolute Gasteiger partial charge is 0.307 e. The van der Waals surface area contributed by atoms with Crippen molar-refractivity contribution < 1.29 is 0 Å². The van der Waals surface area contributed by atoms with Crippen molar-refractivity contribution in [1.82, 2.24) is 10.4 Å². The van der Waals surface area contributed by atoms with Gasteiger partial charge in [-0.3, -0.25) is 0 Å². The molecule has 0 aromatic heterocycles. The van der Waals surface area contributed by atoms with Gasteiger partial charge in [0.25, 0.3) is 0 Å². The first-order valence-corrected chi connectivity index (χ1v) is 2.56. The lowest BCUT2D eigenvalue weighted by Gasteiger charge is -2.09. The van der Waals surface area contributed by atoms with Crippen LogP contribution in [0.15, 0.2) is 0 Å². The van der Waals surface area contributed by atoms with Crippen molar-refractivity contribution in [2.45, 2.75) is 6.92 Å². The molecule has 0 heterocycles. The predicted octanol–water partition coefficient (Wildman–Crippen LogP) is 0.277. The van der Waals surface area contributed by atoms with Gasteiger partial charge in [0.1, 0.15) is 5.49 Å². The smallest absolute Gasteiger partial charge is 0.149 e. The van der Waals surface area contributed by atoms with E-state index < -0.39 is 0 Å². The number of hydrogen-bond donors (Lipinski definition) is 1. The van der Waals surface area contributed by atoms with Crippen molar-refractivity contribution in [3.8, 4) is 0 Å². The predicted molar refractivity (Wildman–Crippen MR) is 34.0 cm³/mol. The van der Waals surface area contributed by atoms with Gasteiger partial charge >= 0.3 is 0 Å². The monoisotopic (exact) mass is 117 g/mol. The van der Waals surface area contributed by atoms with Crippen LogP contribution in [0.3, 0.4) is 0 Å². The molecule has 0 aliphatic heterocycles. The average Bonchev–Trinajstić information content (AvgIpc) is 1.68. The fourth-order valence-corrected chi connectivity index (χ4v) is 0.313. The molecule has 0 rings (SSSR count). The van der Waals surface area contributed by atoms with Crippen LogP contribution in [0, 0.1) is 0 Å². The summed E-state index contributed by atoms with van der Waals surface area (Å²) in [5.74, 6) is 0. The van der Waals surface area contributed by atoms with Crippen molar-refractivity contribution in [1.29, 1.82) is 0 Å². The van der Waals surface area contributed by atoms with Crippen LogP contribution in [0.2, 0.25) is 0 Å². The zero-order valence-corrected chi connectivity index (χ0v) is 5.38. The molecule has 1 N–H and O–H groups in total. The molecule has 0 aromatic rings. The molecule has 0 saturated heterocycles. The van der Waals surface area contributed by atoms with Gasteiger partial charge in [-0.2, -0.15) is 0 Å². The summed E-state index contributed by atoms with van der Waals surface area (Å²) in [6.07, 6.45) is 0. The highest BCUT2D eigenvalue weighted by molar-refractivity contribution is 7.78. The molecule has 0 atom stereocenters. The van der Waals surface area contributed by atoms with E-state index in [0.29, 0.717) is 0 Å². The van der Waals surface area contributed by atoms with E-state index in [1.807, 2.05) is 19.0 Å². The summed E-state index contributed by atoms with van der Waals surface area (Å²) in [4.78, 5) is 0. The molecule has 0 saturated carbocycles. The van der Waals surface area contributed by atoms with Crippen molar-refractivity contribution >= 4 is 17.7 Å². The Labute approximate surface area is 49.5 Å². The summed E-state index contributed by atoms with van der Waals surface area (Å²) in [6, 6.07) is 0. The highest BCUT2D eigenvalue weighted by atomic mass is 32.1. The first kappa shape index (κ1) is 6.85. The molecule has 0 aliphatic carbocycles. The van der Waals surface area contributed by atoms with Gasteiger partial charge in [-0.05, 0) is 0 Å². The third kappa shape index (κ3) is 3.69. The quantitative estimate of drug-likeness (QED) is 0.325. The number of nitrogens with one attached hydrogen (secondary N) is 1. The Morgan fingerprint density at radius 1 is 1.86 bits per heavy atom. The van der Waals surface area contributed by atoms with E-state index in [1.165, 1.54) is 0 Å². The van der Waals surface area contributed by atoms with Gasteiger partial charge in [-0.1, -0.05) is 19.1 Å². The van der Waals surface area contributed by atoms with Crippen LogP contribution in [0.4, 0.5) is 0 Å². The lowest BCUT2D eigenvalue weighted by atomic mass is 10.7. The van der Waals surface area contributed by atoms with Crippen molar-refractivity contribution in [3.05, 3.63) is 0 Å². The number of thiocarbonyl (C=S) groups is 1. The van der Waals surface area contributed by atoms with E-state index in [4.69, 9.17) is 0 Å². The first-order chi connectivity index (χ1) is 3.31. The maximum Gasteiger partial charge on any atom is 0.149 e. The van der Waals surface area contributed by atoms with Gasteiger partial charge in [0, 0.05) is 13.6 Å². The van der Waals surface area contributed by atoms with Crippen molar-refractivity contribution in [2.24, 2.45) is 0 Å². The molecule has 0 fully saturated rings. The van der Waals surface area contributed by atoms with Crippen LogP contribution in [-0.2, 0) is 0 Å². The van der Waals surface area contributed by atoms with Gasteiger partial charge in [0.2, 0.25) is 0 Å². The summed E-state index contributed by atoms with van der Waals surface area (Å²) < 4.78 is 0. The Bertz CT molecular complexity index is 55.7. The second-order valence-electron chi connectivity index (χ2n) is 1.23. The molecule has 3 heteroatoms. The summed E-state index contributed by atoms with van der Waals surface area (Å²) in [6.45, 7) is 2.96. The Morgan fingerprint density at radius 3 is 2.57 bits per heavy atom. The third-order valence-corrected chi connectivity index (χ3v) is 0.802. The topological polar surface area (TPSA) is 15.3 Å². The zero-order valence-electron chi connectivity index (χ0n) is 4.56. The maximum absolute atomic E-state index is 4.39. The van der Waals surface area contributed by atoms with Crippen LogP contribution in [0.25, 0.3) is 0 Å². The molecule has 0 amide bonds. The fourth-order valence-electron chi connectivity index (χ4n) is 0.157. The number of hydrogen-bond acceptors (Lipinski definition) is 2. The Morgan fingerprint density at radius 2 is 2.43 bits per heavy atom. The Kier molecular flexibility index (Phi) is 3.93. The van der Waals surface area contributed by atoms with Crippen LogP contribution < -0.4 is 5.43 Å². The third-order valence-electron chi connectivity index (χ3n) is 0.711. The number of hydrazine groups is 1. The molecule has 0 bridgehead atoms. The Hall–Kier alpha value is -0.150. The van der Waals surface area contributed by atoms with Crippen LogP contribution in [-0.4, -0.2) is 24.1 Å². The summed E-state index contributed by atoms with van der Waals surface area (Å²) in [7, 11) is 1.90. The molecule has 0 aromatic carbocycles. The zero-order chi connectivity index (χ0) is 5.70. The second-order valence-corrected chi connectivity index (χ2v) is 1.43. The van der Waals surface area contributed by atoms with Gasteiger partial charge in [0.05, 0.1) is 0 Å². The first-order valence-electron chi connectivity index (χ1n) is 2.15. The molecule has 0 spiro atoms. The molecule has 0 aliphatic rings. The average molecular weight is 117 g/mol. The highest BCUT2D eigenvalue weighted by Gasteiger charge is 1.82. The molecule has 1 radical (unpaired) electrons. The van der Waals surface area contributed by atoms with Crippen LogP contribution in [0.1, 0.15) is 6.92 Å². The van der Waals surface area contributed by atoms with Crippen LogP contribution in [0.5, 0.6) is 0 Å². The standard InChI is InChI=1S/C4H9N2S/c1-3-6(2)5-4-7/h3H2,1-2H3,(H,5,7). The van der Waals surface area contributed by atoms with Crippen molar-refractivity contribution in [3.63, 3.8) is 0 Å². The van der Waals surface area contributed by atoms with Gasteiger partial charge in [-0.25, -0.2) is 5.01 Å². The lowest BCUT2D eigenvalue weighted by molar-refractivity contribution is 0.316. The fraction of sp³-hybridized carbons (Fsp3) is 0.750. The lowest BCUT2D eigenvalue weighted by Crippen LogP contribution is -2.31. The second kappa shape index (κ2) is 4.02. The number of nitrogens with zero attached hydrogens (tertiary/aromatic N) is 1. The SMILES string of the molecule is CCN(C)N[C]=S. The molecule has 2 nitrogen and oxygen atoms in total. The van der Waals surface area contributed by atoms with Crippen LogP contribution >= 0.6 is 12.2 Å². The molecular formula is C4H9N2S. The van der Waals surface area contributed by atoms with Gasteiger partial charge in [-0.15, -0.1) is 0 Å². The van der Waals surface area contributed by atoms with E-state index in [0.717, 1.165) is 6.54 Å². The summed E-state index contributed by atoms with van der Waals surface area (Å²) >= 11 is 4.39. The highest BCUT2D eigenvalue weighted by Crippen LogP contribution is 1.66. The summed E-state index contributed by atoms with van der Waals surface area (Å²) in [5, 5.41) is 1.84. The van der Waals surface area contributed by atoms with E-state index in [9.17, 15) is 0 Å². The minimum atomic E-state index is 0.934. The van der Waals surface area contributed by atoms with E-state index in [-0.39, 0.29) is 0 Å². The van der Waals surface area contributed by atoms with Gasteiger partial charge < -0.3 is 5.43 Å². The van der Waals surface area contributed by atoms with E-state index >= 15 is 0 Å². The number of rotatable bonds is 3. The minimum Gasteiger partial charge on any atom is -0.307 e. The van der Waals surface area contributed by atoms with E-state index in [2.05, 4.69) is 23.1 Å². The normalized spacial score (nSPS) is 9.00. The summed E-state index contributed by atoms with van der Waals surface area (Å²) in [5.41, 5.74) is 5.07. The molecule has 41 valence electrons. The molecule has 0 unspecified atom stereocenters. The molecule has 7 heavy (non-hydrogen) atoms. The molecular weight excluding hydrogens is 108 g/mol. The van der Waals surface area contributed by atoms with Crippen molar-refractivity contribution in [2.75, 3.05) is 13.6 Å². The Balaban J connectivity index is 2.98.